The predicted molar refractivity (Wildman–Crippen MR) is 247 cm³/mol. The number of hydrogen-bond acceptors (Lipinski definition) is 8. The molecule has 0 aromatic heterocycles. The molecule has 58 heavy (non-hydrogen) atoms. The van der Waals surface area contributed by atoms with Crippen LogP contribution in [-0.4, -0.2) is 69.3 Å². The molecule has 2 saturated heterocycles. The Labute approximate surface area is 368 Å². The zero-order chi connectivity index (χ0) is 41.9. The molecule has 10 heteroatoms. The summed E-state index contributed by atoms with van der Waals surface area (Å²) >= 11 is -0.270. The first-order valence-electron chi connectivity index (χ1n) is 22.3. The van der Waals surface area contributed by atoms with E-state index in [1.807, 2.05) is 60.4 Å². The third-order valence-electron chi connectivity index (χ3n) is 10.9. The fraction of sp³-hybridized carbons (Fsp3) is 0.625. The Morgan fingerprint density at radius 3 is 1.41 bits per heavy atom. The molecule has 0 bridgehead atoms. The minimum Gasteiger partial charge on any atom is -0.466 e. The van der Waals surface area contributed by atoms with Gasteiger partial charge < -0.3 is 14.2 Å². The normalized spacial score (nSPS) is 18.2. The van der Waals surface area contributed by atoms with Crippen molar-refractivity contribution in [1.82, 2.24) is 0 Å². The maximum Gasteiger partial charge on any atom is 0.306 e. The van der Waals surface area contributed by atoms with Crippen molar-refractivity contribution in [2.45, 2.75) is 162 Å². The quantitative estimate of drug-likeness (QED) is 0.0584. The second-order valence-electron chi connectivity index (χ2n) is 15.5. The van der Waals surface area contributed by atoms with E-state index in [2.05, 4.69) is 65.7 Å². The summed E-state index contributed by atoms with van der Waals surface area (Å²) in [5, 5.41) is 0. The molecule has 2 aliphatic rings. The number of hydrogen-bond donors (Lipinski definition) is 0. The van der Waals surface area contributed by atoms with Gasteiger partial charge in [-0.15, -0.1) is 0 Å². The van der Waals surface area contributed by atoms with Crippen LogP contribution in [0.2, 0.25) is 13.3 Å². The Morgan fingerprint density at radius 1 is 0.655 bits per heavy atom. The SMILES string of the molecule is CCC[CH2][Sn](/[CH]=C/[C@@H](CC(=O)OCC)c1ccc(OC2CCCCO2)cc1)([CH2]CCC)[CH2]CCC.CCOC(=O)C[C@H](/C=C/I)c1ccc(OC2CCCCO2)cc1. The largest absolute Gasteiger partial charge is 0.466 e. The summed E-state index contributed by atoms with van der Waals surface area (Å²) < 4.78 is 42.5. The van der Waals surface area contributed by atoms with Gasteiger partial charge in [0.2, 0.25) is 0 Å². The van der Waals surface area contributed by atoms with Gasteiger partial charge in [-0.05, 0) is 41.5 Å². The molecule has 4 atom stereocenters. The molecule has 2 aliphatic heterocycles. The summed E-state index contributed by atoms with van der Waals surface area (Å²) in [5.74, 6) is 1.41. The average Bonchev–Trinajstić information content (AvgIpc) is 3.24. The van der Waals surface area contributed by atoms with Crippen molar-refractivity contribution >= 4 is 52.9 Å². The fourth-order valence-corrected chi connectivity index (χ4v) is 22.5. The van der Waals surface area contributed by atoms with Crippen molar-refractivity contribution in [3.05, 3.63) is 80.0 Å². The van der Waals surface area contributed by atoms with Crippen LogP contribution in [0.15, 0.2) is 68.9 Å². The second-order valence-corrected chi connectivity index (χ2v) is 29.3. The third kappa shape index (κ3) is 19.5. The number of rotatable bonds is 24. The predicted octanol–water partition coefficient (Wildman–Crippen LogP) is 13.2. The maximum absolute atomic E-state index is 12.5. The summed E-state index contributed by atoms with van der Waals surface area (Å²) in [4.78, 5) is 24.2. The Hall–Kier alpha value is -2.09. The Balaban J connectivity index is 0.000000338. The van der Waals surface area contributed by atoms with Crippen LogP contribution in [-0.2, 0) is 28.5 Å². The Morgan fingerprint density at radius 2 is 1.07 bits per heavy atom. The van der Waals surface area contributed by atoms with Gasteiger partial charge in [0.1, 0.15) is 5.75 Å². The zero-order valence-electron chi connectivity index (χ0n) is 36.2. The standard InChI is InChI=1S/C18H23IO4.C18H23O4.3C4H9.Sn/c1-2-21-17(20)13-15(10-11-19)14-6-8-16(9-7-14)23-18-5-3-4-12-22-18;1-3-14(13-17(19)20-4-2)15-8-10-16(11-9-15)22-18-7-5-6-12-21-18;3*1-3-4-2;/h6-11,15,18H,2-5,12-13H2,1H3;1,3,8-11,14,18H,4-7,12-13H2,2H3;3*1,3-4H2,2H3;/b11-10+;;;;;/t15-,18?;14-,18?;;;;/m00..../s1. The van der Waals surface area contributed by atoms with Crippen molar-refractivity contribution in [3.63, 3.8) is 0 Å². The van der Waals surface area contributed by atoms with Gasteiger partial charge in [-0.1, -0.05) is 40.8 Å². The van der Waals surface area contributed by atoms with E-state index in [1.54, 1.807) is 0 Å². The van der Waals surface area contributed by atoms with E-state index >= 15 is 0 Å². The molecule has 2 aromatic carbocycles. The van der Waals surface area contributed by atoms with E-state index < -0.39 is 18.4 Å². The topological polar surface area (TPSA) is 89.5 Å². The van der Waals surface area contributed by atoms with E-state index in [-0.39, 0.29) is 36.4 Å². The monoisotopic (exact) mass is 1020 g/mol. The summed E-state index contributed by atoms with van der Waals surface area (Å²) in [7, 11) is 0. The molecule has 8 nitrogen and oxygen atoms in total. The fourth-order valence-electron chi connectivity index (χ4n) is 7.51. The summed E-state index contributed by atoms with van der Waals surface area (Å²) in [6.45, 7) is 13.0. The van der Waals surface area contributed by atoms with E-state index in [0.29, 0.717) is 26.1 Å². The Kier molecular flexibility index (Phi) is 26.0. The van der Waals surface area contributed by atoms with Gasteiger partial charge in [0.15, 0.2) is 6.29 Å². The maximum atomic E-state index is 12.5. The number of ether oxygens (including phenoxy) is 6. The molecule has 4 rings (SSSR count). The molecular formula is C48H73IO8Sn. The number of halogens is 1. The summed E-state index contributed by atoms with van der Waals surface area (Å²) in [6, 6.07) is 16.2. The first-order valence-corrected chi connectivity index (χ1v) is 31.3. The molecule has 324 valence electrons. The van der Waals surface area contributed by atoms with Crippen LogP contribution in [0.3, 0.4) is 0 Å². The third-order valence-corrected chi connectivity index (χ3v) is 25.4. The van der Waals surface area contributed by atoms with E-state index in [1.165, 1.54) is 51.8 Å². The van der Waals surface area contributed by atoms with Gasteiger partial charge in [0.05, 0.1) is 19.6 Å². The van der Waals surface area contributed by atoms with Gasteiger partial charge in [-0.3, -0.25) is 4.79 Å². The van der Waals surface area contributed by atoms with Gasteiger partial charge in [-0.25, -0.2) is 0 Å². The van der Waals surface area contributed by atoms with Crippen LogP contribution in [0.5, 0.6) is 11.5 Å². The number of allylic oxidation sites excluding steroid dienone is 2. The zero-order valence-corrected chi connectivity index (χ0v) is 41.2. The van der Waals surface area contributed by atoms with Crippen molar-refractivity contribution in [3.8, 4) is 11.5 Å². The number of carbonyl (C=O) groups excluding carboxylic acids is 2. The molecule has 2 unspecified atom stereocenters. The summed E-state index contributed by atoms with van der Waals surface area (Å²) in [5.41, 5.74) is 2.23. The molecular weight excluding hydrogens is 950 g/mol. The first kappa shape index (κ1) is 50.3. The smallest absolute Gasteiger partial charge is 0.306 e. The van der Waals surface area contributed by atoms with Crippen LogP contribution in [0.1, 0.15) is 147 Å². The van der Waals surface area contributed by atoms with Crippen LogP contribution < -0.4 is 9.47 Å². The van der Waals surface area contributed by atoms with Gasteiger partial charge in [0, 0.05) is 12.3 Å². The molecule has 0 spiro atoms. The molecule has 2 fully saturated rings. The number of carbonyl (C=O) groups is 2. The van der Waals surface area contributed by atoms with E-state index in [4.69, 9.17) is 28.4 Å². The molecule has 0 radical (unpaired) electrons. The van der Waals surface area contributed by atoms with Crippen molar-refractivity contribution < 1.29 is 38.0 Å². The summed E-state index contributed by atoms with van der Waals surface area (Å²) in [6.07, 6.45) is 19.1. The molecule has 0 aliphatic carbocycles. The van der Waals surface area contributed by atoms with Gasteiger partial charge >= 0.3 is 226 Å². The van der Waals surface area contributed by atoms with Crippen molar-refractivity contribution in [2.75, 3.05) is 26.4 Å². The molecule has 2 heterocycles. The second kappa shape index (κ2) is 30.0. The average molecular weight is 1020 g/mol. The van der Waals surface area contributed by atoms with Crippen LogP contribution in [0.25, 0.3) is 0 Å². The Bertz CT molecular complexity index is 1430. The van der Waals surface area contributed by atoms with Crippen LogP contribution in [0, 0.1) is 0 Å². The minimum atomic E-state index is -2.44. The number of benzene rings is 2. The van der Waals surface area contributed by atoms with Crippen LogP contribution >= 0.6 is 22.6 Å². The first-order chi connectivity index (χ1) is 28.3. The van der Waals surface area contributed by atoms with Gasteiger partial charge in [-0.2, -0.15) is 0 Å². The molecule has 0 amide bonds. The van der Waals surface area contributed by atoms with Gasteiger partial charge in [0.25, 0.3) is 0 Å². The van der Waals surface area contributed by atoms with E-state index in [9.17, 15) is 9.59 Å². The van der Waals surface area contributed by atoms with E-state index in [0.717, 1.165) is 74.4 Å². The number of unbranched alkanes of at least 4 members (excludes halogenated alkanes) is 3. The molecule has 2 aromatic rings. The van der Waals surface area contributed by atoms with Crippen LogP contribution in [0.4, 0.5) is 0 Å². The van der Waals surface area contributed by atoms with Crippen molar-refractivity contribution in [2.24, 2.45) is 0 Å². The molecule has 0 saturated carbocycles. The van der Waals surface area contributed by atoms with Crippen molar-refractivity contribution in [1.29, 1.82) is 0 Å². The number of esters is 2. The minimum absolute atomic E-state index is 0.0194. The molecule has 0 N–H and O–H groups in total.